The molecular weight excluding hydrogens is 1270 g/mol. The Kier molecular flexibility index (Phi) is 23.4. The maximum atomic E-state index is 13.2. The molecule has 6 aromatic rings. The van der Waals surface area contributed by atoms with Crippen LogP contribution in [0.4, 0.5) is 38.0 Å². The lowest BCUT2D eigenvalue weighted by molar-refractivity contribution is -0.138. The van der Waals surface area contributed by atoms with Crippen molar-refractivity contribution < 1.29 is 74.1 Å². The summed E-state index contributed by atoms with van der Waals surface area (Å²) in [6.07, 6.45) is -1.28. The predicted octanol–water partition coefficient (Wildman–Crippen LogP) is 12.1. The topological polar surface area (TPSA) is 282 Å². The van der Waals surface area contributed by atoms with E-state index in [-0.39, 0.29) is 93.3 Å². The third-order valence-electron chi connectivity index (χ3n) is 12.5. The number of aromatic nitrogens is 8. The van der Waals surface area contributed by atoms with Crippen LogP contribution in [0.25, 0.3) is 0 Å². The minimum absolute atomic E-state index is 0.00390. The van der Waals surface area contributed by atoms with E-state index in [4.69, 9.17) is 25.9 Å². The Balaban J connectivity index is 0.000000247. The van der Waals surface area contributed by atoms with Crippen molar-refractivity contribution in [3.63, 3.8) is 0 Å². The number of rotatable bonds is 18. The molecule has 0 unspecified atom stereocenters. The van der Waals surface area contributed by atoms with Crippen molar-refractivity contribution in [2.75, 3.05) is 36.0 Å². The number of aryl methyl sites for hydroxylation is 1. The number of halogens is 10. The van der Waals surface area contributed by atoms with E-state index < -0.39 is 59.2 Å². The largest absolute Gasteiger partial charge is 0.469 e. The van der Waals surface area contributed by atoms with E-state index in [1.165, 1.54) is 32.0 Å². The summed E-state index contributed by atoms with van der Waals surface area (Å²) in [5, 5.41) is 7.01. The van der Waals surface area contributed by atoms with Crippen molar-refractivity contribution in [2.24, 2.45) is 0 Å². The van der Waals surface area contributed by atoms with Gasteiger partial charge in [-0.3, -0.25) is 38.2 Å². The Labute approximate surface area is 497 Å². The molecular formula is C49H50Cl4F6N10O10P2S2. The standard InChI is InChI=1S/C25H27F3N5O6PS.C24H23ClF3N5O3S.Cl3OP/c1-14(24-30-12-22(41-24)21(35)9-16-8-18(25(26,27)28)15(2)11-29-16)7-20(34)19-10-23(32-13-31-19)33-5-3-17(4-6-33)39-40(36,37)38;1-13(6-19(35)18-9-22(32-12-31-18)33-4-2-15(34)3-5-33)23-30-11-21(37-23)20(36)8-14-7-16(24(26,27)28)17(25)10-29-14;1-5(2,3)4/h8,10-14,17H,3-7,9H2,1-2H3,(H2,36,37,38);7,9-13,15,34H,2-6,8H2,1H3;/t14-;13-;/m00./s1. The highest BCUT2D eigenvalue weighted by molar-refractivity contribution is 8.24. The molecule has 0 spiro atoms. The molecule has 2 aliphatic heterocycles. The Hall–Kier alpha value is -4.96. The second-order valence-electron chi connectivity index (χ2n) is 18.9. The van der Waals surface area contributed by atoms with Gasteiger partial charge in [-0.15, -0.1) is 22.7 Å². The van der Waals surface area contributed by atoms with E-state index in [2.05, 4.69) is 73.6 Å². The molecule has 8 heterocycles. The molecule has 0 amide bonds. The van der Waals surface area contributed by atoms with Gasteiger partial charge in [0.25, 0.3) is 0 Å². The summed E-state index contributed by atoms with van der Waals surface area (Å²) in [5.41, 5.74) is -1.50. The monoisotopic (exact) mass is 1320 g/mol. The van der Waals surface area contributed by atoms with Crippen LogP contribution in [0.1, 0.15) is 143 Å². The van der Waals surface area contributed by atoms with E-state index in [1.807, 2.05) is 9.80 Å². The highest BCUT2D eigenvalue weighted by Gasteiger charge is 2.35. The number of thiazole rings is 2. The number of hydrogen-bond donors (Lipinski definition) is 3. The number of carbonyl (C=O) groups is 4. The highest BCUT2D eigenvalue weighted by Crippen LogP contribution is 2.61. The van der Waals surface area contributed by atoms with Crippen molar-refractivity contribution in [1.29, 1.82) is 0 Å². The quantitative estimate of drug-likeness (QED) is 0.0409. The molecule has 3 N–H and O–H groups in total. The highest BCUT2D eigenvalue weighted by atomic mass is 36.0. The maximum absolute atomic E-state index is 13.2. The number of piperidine rings is 2. The molecule has 2 aliphatic rings. The summed E-state index contributed by atoms with van der Waals surface area (Å²) >= 11 is 21.6. The van der Waals surface area contributed by atoms with Gasteiger partial charge in [0.15, 0.2) is 23.1 Å². The molecule has 0 aliphatic carbocycles. The van der Waals surface area contributed by atoms with Crippen molar-refractivity contribution in [3.05, 3.63) is 126 Å². The number of anilines is 2. The lowest BCUT2D eigenvalue weighted by Gasteiger charge is -2.32. The molecule has 8 rings (SSSR count). The van der Waals surface area contributed by atoms with Crippen LogP contribution in [0.2, 0.25) is 5.02 Å². The number of aliphatic hydroxyl groups excluding tert-OH is 1. The first kappa shape index (κ1) is 67.2. The van der Waals surface area contributed by atoms with Gasteiger partial charge in [0, 0.05) is 99.2 Å². The molecule has 0 bridgehead atoms. The predicted molar refractivity (Wildman–Crippen MR) is 298 cm³/mol. The van der Waals surface area contributed by atoms with Gasteiger partial charge >= 0.3 is 25.4 Å². The average molecular weight is 1320 g/mol. The molecule has 448 valence electrons. The second-order valence-corrected chi connectivity index (χ2v) is 29.3. The second kappa shape index (κ2) is 29.0. The molecule has 2 atom stereocenters. The first-order valence-electron chi connectivity index (χ1n) is 24.7. The molecule has 83 heavy (non-hydrogen) atoms. The van der Waals surface area contributed by atoms with Crippen LogP contribution in [0.15, 0.2) is 61.7 Å². The van der Waals surface area contributed by atoms with Gasteiger partial charge in [-0.1, -0.05) is 25.4 Å². The van der Waals surface area contributed by atoms with Crippen LogP contribution in [0, 0.1) is 6.92 Å². The van der Waals surface area contributed by atoms with Gasteiger partial charge in [0.1, 0.15) is 35.7 Å². The van der Waals surface area contributed by atoms with Crippen LogP contribution in [-0.2, 0) is 38.8 Å². The molecule has 0 radical (unpaired) electrons. The summed E-state index contributed by atoms with van der Waals surface area (Å²) in [4.78, 5) is 107. The van der Waals surface area contributed by atoms with Crippen molar-refractivity contribution in [2.45, 2.75) is 109 Å². The van der Waals surface area contributed by atoms with Gasteiger partial charge in [-0.25, -0.2) is 34.5 Å². The number of pyridine rings is 2. The summed E-state index contributed by atoms with van der Waals surface area (Å²) in [6, 6.07) is 4.84. The Morgan fingerprint density at radius 1 is 0.639 bits per heavy atom. The zero-order valence-electron chi connectivity index (χ0n) is 43.7. The average Bonchev–Trinajstić information content (AvgIpc) is 4.26. The van der Waals surface area contributed by atoms with Gasteiger partial charge < -0.3 is 24.7 Å². The summed E-state index contributed by atoms with van der Waals surface area (Å²) in [7, 11) is -4.57. The number of carbonyl (C=O) groups excluding carboxylic acids is 4. The van der Waals surface area contributed by atoms with Crippen LogP contribution in [0.3, 0.4) is 0 Å². The van der Waals surface area contributed by atoms with Crippen molar-refractivity contribution in [1.82, 2.24) is 39.9 Å². The van der Waals surface area contributed by atoms with Gasteiger partial charge in [0.2, 0.25) is 0 Å². The normalized spacial score (nSPS) is 15.4. The SMILES string of the molecule is C[C@@H](CC(=O)c1cc(N2CCC(O)CC2)ncn1)c1ncc(C(=O)Cc2cc(C(F)(F)F)c(Cl)cn2)s1.Cc1cnc(CC(=O)c2cnc([C@@H](C)CC(=O)c3cc(N4CCC(OP(=O)(O)O)CC4)ncn3)s2)cc1C(F)(F)F.O=P(Cl)(Cl)Cl. The van der Waals surface area contributed by atoms with Crippen LogP contribution < -0.4 is 9.80 Å². The first-order valence-corrected chi connectivity index (χ1v) is 32.7. The third kappa shape index (κ3) is 20.9. The molecule has 2 fully saturated rings. The fraction of sp³-hybridized carbons (Fsp3) is 0.429. The minimum Gasteiger partial charge on any atom is -0.393 e. The van der Waals surface area contributed by atoms with Gasteiger partial charge in [-0.2, -0.15) is 26.3 Å². The molecule has 0 saturated carbocycles. The summed E-state index contributed by atoms with van der Waals surface area (Å²) < 4.78 is 104. The summed E-state index contributed by atoms with van der Waals surface area (Å²) in [5.74, 6) is -0.871. The van der Waals surface area contributed by atoms with E-state index >= 15 is 0 Å². The molecule has 0 aromatic carbocycles. The number of nitrogens with zero attached hydrogens (tertiary/aromatic N) is 10. The number of hydrogen-bond acceptors (Lipinski definition) is 20. The zero-order chi connectivity index (χ0) is 61.2. The zero-order valence-corrected chi connectivity index (χ0v) is 50.2. The van der Waals surface area contributed by atoms with Crippen LogP contribution in [-0.4, -0.2) is 116 Å². The van der Waals surface area contributed by atoms with Crippen LogP contribution in [0.5, 0.6) is 0 Å². The van der Waals surface area contributed by atoms with E-state index in [9.17, 15) is 59.8 Å². The molecule has 34 heteroatoms. The lowest BCUT2D eigenvalue weighted by Crippen LogP contribution is -2.37. The fourth-order valence-electron chi connectivity index (χ4n) is 8.32. The van der Waals surface area contributed by atoms with Gasteiger partial charge in [-0.05, 0) is 84.0 Å². The lowest BCUT2D eigenvalue weighted by atomic mass is 10.0. The number of phosphoric ester groups is 1. The van der Waals surface area contributed by atoms with Crippen LogP contribution >= 0.6 is 81.0 Å². The van der Waals surface area contributed by atoms with E-state index in [1.54, 1.807) is 26.0 Å². The number of ketones is 4. The fourth-order valence-corrected chi connectivity index (χ4v) is 10.9. The minimum atomic E-state index is -4.65. The van der Waals surface area contributed by atoms with Crippen molar-refractivity contribution >= 4 is 116 Å². The van der Waals surface area contributed by atoms with E-state index in [0.717, 1.165) is 47.2 Å². The summed E-state index contributed by atoms with van der Waals surface area (Å²) in [6.45, 7) is 7.01. The Morgan fingerprint density at radius 2 is 1.05 bits per heavy atom. The molecule has 20 nitrogen and oxygen atoms in total. The maximum Gasteiger partial charge on any atom is 0.469 e. The molecule has 2 saturated heterocycles. The van der Waals surface area contributed by atoms with Crippen molar-refractivity contribution in [3.8, 4) is 0 Å². The van der Waals surface area contributed by atoms with E-state index in [0.29, 0.717) is 73.5 Å². The van der Waals surface area contributed by atoms with Gasteiger partial charge in [0.05, 0.1) is 61.0 Å². The Bertz CT molecular complexity index is 3370. The number of alkyl halides is 6. The number of Topliss-reactive ketones (excluding diaryl/α,β-unsaturated/α-hetero) is 4. The third-order valence-corrected chi connectivity index (χ3v) is 15.9. The number of aliphatic hydroxyl groups is 1. The smallest absolute Gasteiger partial charge is 0.393 e. The Morgan fingerprint density at radius 3 is 1.47 bits per heavy atom. The first-order chi connectivity index (χ1) is 38.7. The molecule has 6 aromatic heterocycles. The number of phosphoric acid groups is 1.